The van der Waals surface area contributed by atoms with E-state index in [0.717, 1.165) is 11.3 Å². The van der Waals surface area contributed by atoms with Crippen molar-refractivity contribution in [2.24, 2.45) is 0 Å². The molecule has 1 heterocycles. The minimum Gasteiger partial charge on any atom is -0.311 e. The van der Waals surface area contributed by atoms with Crippen LogP contribution in [0, 0.1) is 11.3 Å². The summed E-state index contributed by atoms with van der Waals surface area (Å²) in [4.78, 5) is 24.8. The molecule has 0 spiro atoms. The van der Waals surface area contributed by atoms with Crippen LogP contribution < -0.4 is 4.90 Å². The third kappa shape index (κ3) is 3.36. The van der Waals surface area contributed by atoms with Crippen molar-refractivity contribution < 1.29 is 9.59 Å². The Morgan fingerprint density at radius 3 is 3.05 bits per heavy atom. The molecule has 0 saturated carbocycles. The highest BCUT2D eigenvalue weighted by molar-refractivity contribution is 8.14. The van der Waals surface area contributed by atoms with E-state index in [1.807, 2.05) is 24.3 Å². The van der Waals surface area contributed by atoms with Crippen molar-refractivity contribution in [1.29, 1.82) is 5.26 Å². The predicted octanol–water partition coefficient (Wildman–Crippen LogP) is 2.14. The van der Waals surface area contributed by atoms with Crippen LogP contribution in [0.25, 0.3) is 0 Å². The molecule has 1 unspecified atom stereocenters. The zero-order valence-corrected chi connectivity index (χ0v) is 11.4. The second-order valence-electron chi connectivity index (χ2n) is 4.44. The number of nitriles is 1. The number of carbonyl (C=O) groups is 2. The predicted molar refractivity (Wildman–Crippen MR) is 74.8 cm³/mol. The van der Waals surface area contributed by atoms with E-state index in [4.69, 9.17) is 5.26 Å². The largest absolute Gasteiger partial charge is 0.311 e. The number of rotatable bonds is 3. The quantitative estimate of drug-likeness (QED) is 0.847. The lowest BCUT2D eigenvalue weighted by molar-refractivity contribution is -0.117. The minimum atomic E-state index is 0.0321. The number of amides is 1. The van der Waals surface area contributed by atoms with Crippen LogP contribution in [0.5, 0.6) is 0 Å². The molecule has 0 aliphatic carbocycles. The first-order valence-corrected chi connectivity index (χ1v) is 6.91. The fraction of sp³-hybridized carbons (Fsp3) is 0.357. The van der Waals surface area contributed by atoms with Gasteiger partial charge in [0.25, 0.3) is 0 Å². The van der Waals surface area contributed by atoms with Crippen LogP contribution in [0.1, 0.15) is 18.9 Å². The molecular formula is C14H14N2O2S. The Kier molecular flexibility index (Phi) is 4.23. The van der Waals surface area contributed by atoms with Gasteiger partial charge in [0.05, 0.1) is 12.5 Å². The lowest BCUT2D eigenvalue weighted by atomic mass is 10.1. The van der Waals surface area contributed by atoms with Gasteiger partial charge in [0.2, 0.25) is 5.91 Å². The minimum absolute atomic E-state index is 0.0321. The van der Waals surface area contributed by atoms with Gasteiger partial charge in [-0.3, -0.25) is 9.59 Å². The van der Waals surface area contributed by atoms with E-state index in [2.05, 4.69) is 6.07 Å². The molecule has 1 atom stereocenters. The summed E-state index contributed by atoms with van der Waals surface area (Å²) in [7, 11) is 0. The van der Waals surface area contributed by atoms with Crippen molar-refractivity contribution in [3.63, 3.8) is 0 Å². The van der Waals surface area contributed by atoms with Gasteiger partial charge < -0.3 is 4.90 Å². The first-order valence-electron chi connectivity index (χ1n) is 6.03. The lowest BCUT2D eigenvalue weighted by Gasteiger charge is -2.17. The van der Waals surface area contributed by atoms with Crippen LogP contribution in [0.4, 0.5) is 5.69 Å². The first kappa shape index (κ1) is 13.6. The Hall–Kier alpha value is -1.80. The monoisotopic (exact) mass is 274 g/mol. The van der Waals surface area contributed by atoms with Crippen molar-refractivity contribution in [3.8, 4) is 6.07 Å². The Morgan fingerprint density at radius 1 is 1.58 bits per heavy atom. The van der Waals surface area contributed by atoms with Crippen LogP contribution in [-0.2, 0) is 16.0 Å². The van der Waals surface area contributed by atoms with E-state index in [0.29, 0.717) is 19.4 Å². The number of carbonyl (C=O) groups excluding carboxylic acids is 2. The molecule has 19 heavy (non-hydrogen) atoms. The molecule has 0 bridgehead atoms. The maximum absolute atomic E-state index is 12.0. The van der Waals surface area contributed by atoms with Crippen molar-refractivity contribution in [1.82, 2.24) is 0 Å². The number of anilines is 1. The van der Waals surface area contributed by atoms with E-state index in [1.54, 1.807) is 4.90 Å². The molecule has 98 valence electrons. The van der Waals surface area contributed by atoms with Crippen molar-refractivity contribution in [3.05, 3.63) is 29.8 Å². The maximum Gasteiger partial charge on any atom is 0.228 e. The number of thioether (sulfide) groups is 1. The smallest absolute Gasteiger partial charge is 0.228 e. The molecule has 4 nitrogen and oxygen atoms in total. The second-order valence-corrected chi connectivity index (χ2v) is 5.92. The molecule has 1 aliphatic heterocycles. The number of nitrogens with zero attached hydrogens (tertiary/aromatic N) is 2. The van der Waals surface area contributed by atoms with Crippen LogP contribution >= 0.6 is 11.8 Å². The van der Waals surface area contributed by atoms with Gasteiger partial charge in [0.15, 0.2) is 5.12 Å². The van der Waals surface area contributed by atoms with Gasteiger partial charge in [0.1, 0.15) is 0 Å². The van der Waals surface area contributed by atoms with Gasteiger partial charge in [-0.2, -0.15) is 5.26 Å². The molecule has 1 aromatic carbocycles. The summed E-state index contributed by atoms with van der Waals surface area (Å²) in [5, 5.41) is 8.77. The Balaban J connectivity index is 2.14. The van der Waals surface area contributed by atoms with E-state index < -0.39 is 0 Å². The van der Waals surface area contributed by atoms with Crippen LogP contribution in [0.15, 0.2) is 24.3 Å². The molecular weight excluding hydrogens is 260 g/mol. The Labute approximate surface area is 116 Å². The number of benzene rings is 1. The molecule has 0 aromatic heterocycles. The second kappa shape index (κ2) is 5.89. The summed E-state index contributed by atoms with van der Waals surface area (Å²) >= 11 is 1.22. The molecule has 1 amide bonds. The number of hydrogen-bond donors (Lipinski definition) is 0. The molecule has 1 saturated heterocycles. The summed E-state index contributed by atoms with van der Waals surface area (Å²) in [6.07, 6.45) is 0.730. The highest BCUT2D eigenvalue weighted by Gasteiger charge is 2.31. The zero-order chi connectivity index (χ0) is 13.8. The summed E-state index contributed by atoms with van der Waals surface area (Å²) in [6.45, 7) is 2.07. The van der Waals surface area contributed by atoms with Crippen LogP contribution in [0.3, 0.4) is 0 Å². The highest BCUT2D eigenvalue weighted by atomic mass is 32.2. The van der Waals surface area contributed by atoms with Gasteiger partial charge in [-0.25, -0.2) is 0 Å². The molecule has 0 N–H and O–H groups in total. The van der Waals surface area contributed by atoms with Crippen molar-refractivity contribution >= 4 is 28.5 Å². The topological polar surface area (TPSA) is 61.2 Å². The molecule has 2 rings (SSSR count). The molecule has 0 radical (unpaired) electrons. The van der Waals surface area contributed by atoms with E-state index in [1.165, 1.54) is 18.7 Å². The summed E-state index contributed by atoms with van der Waals surface area (Å²) in [5.74, 6) is 0.0351. The van der Waals surface area contributed by atoms with E-state index in [-0.39, 0.29) is 16.3 Å². The van der Waals surface area contributed by atoms with Crippen LogP contribution in [-0.4, -0.2) is 22.8 Å². The Bertz CT molecular complexity index is 551. The third-order valence-electron chi connectivity index (χ3n) is 2.93. The SMILES string of the molecule is CC(=O)SC1CC(=O)N(c2cccc(CC#N)c2)C1. The standard InChI is InChI=1S/C14H14N2O2S/c1-10(17)19-13-8-14(18)16(9-13)12-4-2-3-11(7-12)5-6-15/h2-4,7,13H,5,8-9H2,1H3. The average molecular weight is 274 g/mol. The molecule has 1 fully saturated rings. The van der Waals surface area contributed by atoms with Gasteiger partial charge in [0, 0.05) is 30.8 Å². The highest BCUT2D eigenvalue weighted by Crippen LogP contribution is 2.29. The normalized spacial score (nSPS) is 18.4. The molecule has 5 heteroatoms. The van der Waals surface area contributed by atoms with Gasteiger partial charge in [-0.15, -0.1) is 0 Å². The van der Waals surface area contributed by atoms with E-state index in [9.17, 15) is 9.59 Å². The molecule has 1 aromatic rings. The van der Waals surface area contributed by atoms with Crippen molar-refractivity contribution in [2.45, 2.75) is 25.0 Å². The summed E-state index contributed by atoms with van der Waals surface area (Å²) in [5.41, 5.74) is 1.71. The third-order valence-corrected chi connectivity index (χ3v) is 3.91. The zero-order valence-electron chi connectivity index (χ0n) is 10.6. The van der Waals surface area contributed by atoms with E-state index >= 15 is 0 Å². The summed E-state index contributed by atoms with van der Waals surface area (Å²) in [6, 6.07) is 9.54. The fourth-order valence-electron chi connectivity index (χ4n) is 2.16. The summed E-state index contributed by atoms with van der Waals surface area (Å²) < 4.78 is 0. The van der Waals surface area contributed by atoms with Crippen molar-refractivity contribution in [2.75, 3.05) is 11.4 Å². The van der Waals surface area contributed by atoms with Gasteiger partial charge in [-0.1, -0.05) is 23.9 Å². The van der Waals surface area contributed by atoms with Gasteiger partial charge >= 0.3 is 0 Å². The van der Waals surface area contributed by atoms with Crippen LogP contribution in [0.2, 0.25) is 0 Å². The average Bonchev–Trinajstić information content (AvgIpc) is 2.70. The lowest BCUT2D eigenvalue weighted by Crippen LogP contribution is -2.25. The van der Waals surface area contributed by atoms with Gasteiger partial charge in [-0.05, 0) is 17.7 Å². The first-order chi connectivity index (χ1) is 9.10. The molecule has 1 aliphatic rings. The number of hydrogen-bond acceptors (Lipinski definition) is 4. The fourth-order valence-corrected chi connectivity index (χ4v) is 3.08. The Morgan fingerprint density at radius 2 is 2.37 bits per heavy atom. The maximum atomic E-state index is 12.0.